The summed E-state index contributed by atoms with van der Waals surface area (Å²) in [4.78, 5) is 11.8. The number of hydrogen-bond donors (Lipinski definition) is 2. The van der Waals surface area contributed by atoms with Crippen LogP contribution in [0.5, 0.6) is 0 Å². The lowest BCUT2D eigenvalue weighted by atomic mass is 10.1. The zero-order valence-corrected chi connectivity index (χ0v) is 11.3. The molecular formula is C15H16FNO3. The van der Waals surface area contributed by atoms with Crippen molar-refractivity contribution in [2.75, 3.05) is 6.54 Å². The minimum absolute atomic E-state index is 0.0848. The summed E-state index contributed by atoms with van der Waals surface area (Å²) in [5, 5.41) is 12.4. The van der Waals surface area contributed by atoms with Crippen LogP contribution >= 0.6 is 0 Å². The molecule has 0 bridgehead atoms. The first-order valence-electron chi connectivity index (χ1n) is 6.26. The zero-order chi connectivity index (χ0) is 14.7. The van der Waals surface area contributed by atoms with E-state index in [-0.39, 0.29) is 17.9 Å². The highest BCUT2D eigenvalue weighted by Crippen LogP contribution is 2.16. The van der Waals surface area contributed by atoms with E-state index in [0.717, 1.165) is 5.56 Å². The van der Waals surface area contributed by atoms with Crippen LogP contribution in [0.25, 0.3) is 0 Å². The van der Waals surface area contributed by atoms with E-state index in [1.54, 1.807) is 25.1 Å². The quantitative estimate of drug-likeness (QED) is 0.902. The van der Waals surface area contributed by atoms with Crippen LogP contribution in [-0.2, 0) is 0 Å². The third kappa shape index (κ3) is 3.05. The van der Waals surface area contributed by atoms with Gasteiger partial charge >= 0.3 is 0 Å². The van der Waals surface area contributed by atoms with Gasteiger partial charge in [0.2, 0.25) is 0 Å². The summed E-state index contributed by atoms with van der Waals surface area (Å²) in [6, 6.07) is 7.54. The first-order valence-corrected chi connectivity index (χ1v) is 6.26. The van der Waals surface area contributed by atoms with Gasteiger partial charge in [0, 0.05) is 12.1 Å². The second-order valence-electron chi connectivity index (χ2n) is 4.60. The Labute approximate surface area is 116 Å². The fraction of sp³-hybridized carbons (Fsp3) is 0.267. The molecule has 0 aliphatic heterocycles. The summed E-state index contributed by atoms with van der Waals surface area (Å²) in [6.07, 6.45) is -1.10. The topological polar surface area (TPSA) is 62.5 Å². The lowest BCUT2D eigenvalue weighted by Crippen LogP contribution is -2.28. The molecule has 2 aromatic rings. The number of carbonyl (C=O) groups excluding carboxylic acids is 1. The molecule has 0 aliphatic rings. The minimum Gasteiger partial charge on any atom is -0.456 e. The van der Waals surface area contributed by atoms with Crippen LogP contribution in [0, 0.1) is 19.7 Å². The predicted octanol–water partition coefficient (Wildman–Crippen LogP) is 2.50. The van der Waals surface area contributed by atoms with Gasteiger partial charge in [0.1, 0.15) is 11.6 Å². The molecule has 1 aromatic heterocycles. The van der Waals surface area contributed by atoms with Crippen molar-refractivity contribution < 1.29 is 18.7 Å². The van der Waals surface area contributed by atoms with Crippen molar-refractivity contribution in [2.24, 2.45) is 0 Å². The van der Waals surface area contributed by atoms with Crippen molar-refractivity contribution in [1.82, 2.24) is 5.32 Å². The van der Waals surface area contributed by atoms with E-state index < -0.39 is 17.8 Å². The number of nitrogens with one attached hydrogen (secondary N) is 1. The number of amides is 1. The second-order valence-corrected chi connectivity index (χ2v) is 4.60. The van der Waals surface area contributed by atoms with Gasteiger partial charge < -0.3 is 14.8 Å². The van der Waals surface area contributed by atoms with Crippen LogP contribution in [0.4, 0.5) is 4.39 Å². The molecule has 4 nitrogen and oxygen atoms in total. The van der Waals surface area contributed by atoms with Crippen LogP contribution in [0.15, 0.2) is 34.7 Å². The van der Waals surface area contributed by atoms with Crippen LogP contribution < -0.4 is 5.32 Å². The average molecular weight is 277 g/mol. The molecule has 0 spiro atoms. The first-order chi connectivity index (χ1) is 9.49. The molecule has 2 rings (SSSR count). The van der Waals surface area contributed by atoms with Crippen LogP contribution in [0.2, 0.25) is 0 Å². The third-order valence-electron chi connectivity index (χ3n) is 3.11. The third-order valence-corrected chi connectivity index (χ3v) is 3.11. The van der Waals surface area contributed by atoms with Crippen molar-refractivity contribution in [2.45, 2.75) is 20.0 Å². The molecule has 1 heterocycles. The van der Waals surface area contributed by atoms with Crippen molar-refractivity contribution in [3.05, 3.63) is 58.8 Å². The van der Waals surface area contributed by atoms with Gasteiger partial charge in [-0.05, 0) is 31.5 Å². The van der Waals surface area contributed by atoms with E-state index in [1.807, 2.05) is 6.92 Å². The van der Waals surface area contributed by atoms with Crippen molar-refractivity contribution in [3.63, 3.8) is 0 Å². The SMILES string of the molecule is Cc1cc(C(=O)NCC(O)c2ccccc2F)oc1C. The van der Waals surface area contributed by atoms with Gasteiger partial charge in [-0.1, -0.05) is 18.2 Å². The number of benzene rings is 1. The van der Waals surface area contributed by atoms with Gasteiger partial charge in [-0.25, -0.2) is 4.39 Å². The highest BCUT2D eigenvalue weighted by atomic mass is 19.1. The Balaban J connectivity index is 1.98. The lowest BCUT2D eigenvalue weighted by Gasteiger charge is -2.12. The number of rotatable bonds is 4. The summed E-state index contributed by atoms with van der Waals surface area (Å²) in [5.41, 5.74) is 1.03. The Morgan fingerprint density at radius 1 is 1.40 bits per heavy atom. The van der Waals surface area contributed by atoms with Crippen LogP contribution in [-0.4, -0.2) is 17.6 Å². The number of aliphatic hydroxyl groups is 1. The maximum atomic E-state index is 13.5. The number of furan rings is 1. The molecule has 5 heteroatoms. The van der Waals surface area contributed by atoms with Gasteiger partial charge in [0.05, 0.1) is 6.10 Å². The van der Waals surface area contributed by atoms with Crippen LogP contribution in [0.3, 0.4) is 0 Å². The lowest BCUT2D eigenvalue weighted by molar-refractivity contribution is 0.0885. The van der Waals surface area contributed by atoms with Gasteiger partial charge in [-0.3, -0.25) is 4.79 Å². The van der Waals surface area contributed by atoms with E-state index in [9.17, 15) is 14.3 Å². The summed E-state index contributed by atoms with van der Waals surface area (Å²) < 4.78 is 18.7. The fourth-order valence-corrected chi connectivity index (χ4v) is 1.82. The smallest absolute Gasteiger partial charge is 0.287 e. The Bertz CT molecular complexity index is 602. The molecule has 0 saturated carbocycles. The molecule has 20 heavy (non-hydrogen) atoms. The Morgan fingerprint density at radius 2 is 2.10 bits per heavy atom. The Hall–Kier alpha value is -2.14. The summed E-state index contributed by atoms with van der Waals surface area (Å²) >= 11 is 0. The maximum Gasteiger partial charge on any atom is 0.287 e. The predicted molar refractivity (Wildman–Crippen MR) is 71.9 cm³/mol. The fourth-order valence-electron chi connectivity index (χ4n) is 1.82. The van der Waals surface area contributed by atoms with Crippen molar-refractivity contribution in [3.8, 4) is 0 Å². The Morgan fingerprint density at radius 3 is 2.70 bits per heavy atom. The molecule has 1 amide bonds. The largest absolute Gasteiger partial charge is 0.456 e. The van der Waals surface area contributed by atoms with Gasteiger partial charge in [-0.15, -0.1) is 0 Å². The van der Waals surface area contributed by atoms with E-state index in [4.69, 9.17) is 4.42 Å². The van der Waals surface area contributed by atoms with Gasteiger partial charge in [0.15, 0.2) is 5.76 Å². The van der Waals surface area contributed by atoms with Gasteiger partial charge in [-0.2, -0.15) is 0 Å². The number of halogens is 1. The molecule has 1 atom stereocenters. The molecule has 106 valence electrons. The van der Waals surface area contributed by atoms with E-state index in [2.05, 4.69) is 5.32 Å². The first kappa shape index (κ1) is 14.3. The molecule has 0 aliphatic carbocycles. The van der Waals surface area contributed by atoms with Gasteiger partial charge in [0.25, 0.3) is 5.91 Å². The van der Waals surface area contributed by atoms with E-state index in [0.29, 0.717) is 5.76 Å². The van der Waals surface area contributed by atoms with Crippen molar-refractivity contribution >= 4 is 5.91 Å². The average Bonchev–Trinajstić information content (AvgIpc) is 2.76. The molecule has 0 radical (unpaired) electrons. The maximum absolute atomic E-state index is 13.5. The molecule has 1 unspecified atom stereocenters. The number of hydrogen-bond acceptors (Lipinski definition) is 3. The molecule has 0 saturated heterocycles. The molecule has 1 aromatic carbocycles. The number of aliphatic hydroxyl groups excluding tert-OH is 1. The van der Waals surface area contributed by atoms with Crippen molar-refractivity contribution in [1.29, 1.82) is 0 Å². The molecular weight excluding hydrogens is 261 g/mol. The molecule has 0 fully saturated rings. The minimum atomic E-state index is -1.10. The monoisotopic (exact) mass is 277 g/mol. The van der Waals surface area contributed by atoms with Crippen LogP contribution in [0.1, 0.15) is 33.5 Å². The molecule has 2 N–H and O–H groups in total. The summed E-state index contributed by atoms with van der Waals surface area (Å²) in [6.45, 7) is 3.52. The highest BCUT2D eigenvalue weighted by Gasteiger charge is 2.16. The Kier molecular flexibility index (Phi) is 4.20. The highest BCUT2D eigenvalue weighted by molar-refractivity contribution is 5.91. The normalized spacial score (nSPS) is 12.2. The van der Waals surface area contributed by atoms with E-state index >= 15 is 0 Å². The number of carbonyl (C=O) groups is 1. The second kappa shape index (κ2) is 5.88. The summed E-state index contributed by atoms with van der Waals surface area (Å²) in [7, 11) is 0. The standard InChI is InChI=1S/C15H16FNO3/c1-9-7-14(20-10(9)2)15(19)17-8-13(18)11-5-3-4-6-12(11)16/h3-7,13,18H,8H2,1-2H3,(H,17,19). The zero-order valence-electron chi connectivity index (χ0n) is 11.3. The summed E-state index contributed by atoms with van der Waals surface area (Å²) in [5.74, 6) is -0.0824. The van der Waals surface area contributed by atoms with E-state index in [1.165, 1.54) is 12.1 Å². The number of aryl methyl sites for hydroxylation is 2.